The number of hydrogen-bond acceptors (Lipinski definition) is 0. The van der Waals surface area contributed by atoms with Gasteiger partial charge in [0.2, 0.25) is 0 Å². The zero-order chi connectivity index (χ0) is 20.3. The molecule has 0 heteroatoms. The van der Waals surface area contributed by atoms with Gasteiger partial charge in [0.25, 0.3) is 0 Å². The molecule has 2 aliphatic rings. The standard InChI is InChI=1S/C29H28/c1-17-12-13-24-22(14-17)15-27-20(4)21(5)28(16-29(24)27)26-11-7-10-25(26)23-9-6-8-18(2)19(23)3/h6-10,12-14,16H,11,15H2,1-5H3. The molecule has 5 rings (SSSR count). The fraction of sp³-hybridized carbons (Fsp3) is 0.241. The smallest absolute Gasteiger partial charge is 0.00106 e. The molecule has 0 fully saturated rings. The molecule has 3 aromatic rings. The van der Waals surface area contributed by atoms with E-state index in [4.69, 9.17) is 0 Å². The molecule has 0 saturated heterocycles. The molecule has 144 valence electrons. The highest BCUT2D eigenvalue weighted by Crippen LogP contribution is 2.45. The molecule has 0 aromatic heterocycles. The van der Waals surface area contributed by atoms with Crippen molar-refractivity contribution in [3.63, 3.8) is 0 Å². The highest BCUT2D eigenvalue weighted by molar-refractivity contribution is 6.01. The van der Waals surface area contributed by atoms with Crippen molar-refractivity contribution in [2.24, 2.45) is 0 Å². The zero-order valence-electron chi connectivity index (χ0n) is 18.1. The van der Waals surface area contributed by atoms with Crippen LogP contribution in [0.2, 0.25) is 0 Å². The van der Waals surface area contributed by atoms with Crippen LogP contribution >= 0.6 is 0 Å². The molecule has 29 heavy (non-hydrogen) atoms. The van der Waals surface area contributed by atoms with Gasteiger partial charge >= 0.3 is 0 Å². The van der Waals surface area contributed by atoms with Crippen molar-refractivity contribution in [1.82, 2.24) is 0 Å². The molecule has 0 bridgehead atoms. The summed E-state index contributed by atoms with van der Waals surface area (Å²) >= 11 is 0. The Hall–Kier alpha value is -2.86. The van der Waals surface area contributed by atoms with Gasteiger partial charge in [0, 0.05) is 0 Å². The predicted octanol–water partition coefficient (Wildman–Crippen LogP) is 7.67. The SMILES string of the molecule is Cc1ccc2c(c1)Cc1c-2cc(C2=C(c3cccc(C)c3C)C=CC2)c(C)c1C. The molecule has 0 radical (unpaired) electrons. The Labute approximate surface area is 174 Å². The van der Waals surface area contributed by atoms with E-state index in [0.717, 1.165) is 12.8 Å². The average Bonchev–Trinajstić information content (AvgIpc) is 3.31. The van der Waals surface area contributed by atoms with Gasteiger partial charge in [-0.15, -0.1) is 0 Å². The number of fused-ring (bicyclic) bond motifs is 3. The molecule has 0 amide bonds. The summed E-state index contributed by atoms with van der Waals surface area (Å²) in [5, 5.41) is 0. The Morgan fingerprint density at radius 2 is 1.52 bits per heavy atom. The van der Waals surface area contributed by atoms with Crippen molar-refractivity contribution in [3.8, 4) is 11.1 Å². The van der Waals surface area contributed by atoms with E-state index in [1.165, 1.54) is 72.3 Å². The molecule has 0 heterocycles. The molecular weight excluding hydrogens is 348 g/mol. The summed E-state index contributed by atoms with van der Waals surface area (Å²) < 4.78 is 0. The molecular formula is C29H28. The van der Waals surface area contributed by atoms with Gasteiger partial charge in [-0.25, -0.2) is 0 Å². The third-order valence-electron chi connectivity index (χ3n) is 7.10. The summed E-state index contributed by atoms with van der Waals surface area (Å²) in [4.78, 5) is 0. The molecule has 0 N–H and O–H groups in total. The third kappa shape index (κ3) is 2.74. The van der Waals surface area contributed by atoms with Crippen LogP contribution in [0, 0.1) is 34.6 Å². The minimum absolute atomic E-state index is 1.02. The Kier molecular flexibility index (Phi) is 4.13. The Bertz CT molecular complexity index is 1230. The zero-order valence-corrected chi connectivity index (χ0v) is 18.1. The summed E-state index contributed by atoms with van der Waals surface area (Å²) in [6, 6.07) is 16.1. The van der Waals surface area contributed by atoms with Crippen LogP contribution in [0.3, 0.4) is 0 Å². The van der Waals surface area contributed by atoms with Crippen molar-refractivity contribution in [2.45, 2.75) is 47.5 Å². The van der Waals surface area contributed by atoms with Gasteiger partial charge in [-0.3, -0.25) is 0 Å². The van der Waals surface area contributed by atoms with Crippen LogP contribution in [0.1, 0.15) is 56.5 Å². The number of benzene rings is 3. The lowest BCUT2D eigenvalue weighted by Crippen LogP contribution is -1.99. The van der Waals surface area contributed by atoms with Crippen LogP contribution in [-0.2, 0) is 6.42 Å². The second-order valence-electron chi connectivity index (χ2n) is 8.78. The lowest BCUT2D eigenvalue weighted by molar-refractivity contribution is 1.17. The maximum absolute atomic E-state index is 2.48. The van der Waals surface area contributed by atoms with E-state index in [1.807, 2.05) is 0 Å². The van der Waals surface area contributed by atoms with Crippen LogP contribution in [0.4, 0.5) is 0 Å². The first-order valence-corrected chi connectivity index (χ1v) is 10.7. The van der Waals surface area contributed by atoms with Crippen molar-refractivity contribution >= 4 is 11.1 Å². The van der Waals surface area contributed by atoms with Crippen LogP contribution in [-0.4, -0.2) is 0 Å². The molecule has 3 aromatic carbocycles. The molecule has 0 aliphatic heterocycles. The molecule has 2 aliphatic carbocycles. The molecule has 0 unspecified atom stereocenters. The fourth-order valence-electron chi connectivity index (χ4n) is 5.13. The molecule has 0 atom stereocenters. The van der Waals surface area contributed by atoms with Gasteiger partial charge in [0.15, 0.2) is 0 Å². The maximum atomic E-state index is 2.48. The van der Waals surface area contributed by atoms with E-state index in [-0.39, 0.29) is 0 Å². The summed E-state index contributed by atoms with van der Waals surface area (Å²) in [6.45, 7) is 11.3. The summed E-state index contributed by atoms with van der Waals surface area (Å²) in [6.07, 6.45) is 6.74. The van der Waals surface area contributed by atoms with Crippen molar-refractivity contribution in [1.29, 1.82) is 0 Å². The summed E-state index contributed by atoms with van der Waals surface area (Å²) in [5.41, 5.74) is 18.6. The van der Waals surface area contributed by atoms with Crippen molar-refractivity contribution in [3.05, 3.63) is 105 Å². The van der Waals surface area contributed by atoms with Crippen molar-refractivity contribution in [2.75, 3.05) is 0 Å². The Morgan fingerprint density at radius 3 is 2.34 bits per heavy atom. The van der Waals surface area contributed by atoms with Gasteiger partial charge in [0.05, 0.1) is 0 Å². The Morgan fingerprint density at radius 1 is 0.690 bits per heavy atom. The predicted molar refractivity (Wildman–Crippen MR) is 125 cm³/mol. The van der Waals surface area contributed by atoms with E-state index >= 15 is 0 Å². The van der Waals surface area contributed by atoms with Crippen LogP contribution < -0.4 is 0 Å². The van der Waals surface area contributed by atoms with E-state index in [9.17, 15) is 0 Å². The molecule has 0 spiro atoms. The van der Waals surface area contributed by atoms with Crippen LogP contribution in [0.15, 0.2) is 54.6 Å². The van der Waals surface area contributed by atoms with Gasteiger partial charge in [-0.05, 0) is 120 Å². The first kappa shape index (κ1) is 18.2. The summed E-state index contributed by atoms with van der Waals surface area (Å²) in [7, 11) is 0. The van der Waals surface area contributed by atoms with Crippen molar-refractivity contribution < 1.29 is 0 Å². The second kappa shape index (κ2) is 6.59. The fourth-order valence-corrected chi connectivity index (χ4v) is 5.13. The third-order valence-corrected chi connectivity index (χ3v) is 7.10. The van der Waals surface area contributed by atoms with Gasteiger partial charge in [0.1, 0.15) is 0 Å². The minimum Gasteiger partial charge on any atom is -0.0795 e. The van der Waals surface area contributed by atoms with Gasteiger partial charge in [-0.2, -0.15) is 0 Å². The molecule has 0 nitrogen and oxygen atoms in total. The number of rotatable bonds is 2. The normalized spacial score (nSPS) is 14.5. The average molecular weight is 377 g/mol. The highest BCUT2D eigenvalue weighted by atomic mass is 14.3. The largest absolute Gasteiger partial charge is 0.0795 e. The van der Waals surface area contributed by atoms with Crippen LogP contribution in [0.25, 0.3) is 22.3 Å². The lowest BCUT2D eigenvalue weighted by atomic mass is 9.86. The quantitative estimate of drug-likeness (QED) is 0.337. The van der Waals surface area contributed by atoms with E-state index in [2.05, 4.69) is 89.2 Å². The monoisotopic (exact) mass is 376 g/mol. The van der Waals surface area contributed by atoms with E-state index < -0.39 is 0 Å². The minimum atomic E-state index is 1.02. The highest BCUT2D eigenvalue weighted by Gasteiger charge is 2.25. The van der Waals surface area contributed by atoms with E-state index in [0.29, 0.717) is 0 Å². The number of allylic oxidation sites excluding steroid dienone is 4. The van der Waals surface area contributed by atoms with Crippen LogP contribution in [0.5, 0.6) is 0 Å². The first-order valence-electron chi connectivity index (χ1n) is 10.7. The summed E-state index contributed by atoms with van der Waals surface area (Å²) in [5.74, 6) is 0. The van der Waals surface area contributed by atoms with Gasteiger partial charge < -0.3 is 0 Å². The number of aryl methyl sites for hydroxylation is 2. The van der Waals surface area contributed by atoms with Gasteiger partial charge in [-0.1, -0.05) is 54.1 Å². The van der Waals surface area contributed by atoms with E-state index in [1.54, 1.807) is 0 Å². The Balaban J connectivity index is 1.74. The first-order chi connectivity index (χ1) is 14.0. The number of hydrogen-bond donors (Lipinski definition) is 0. The maximum Gasteiger partial charge on any atom is -0.00106 e. The second-order valence-corrected chi connectivity index (χ2v) is 8.78. The lowest BCUT2D eigenvalue weighted by Gasteiger charge is -2.18. The topological polar surface area (TPSA) is 0 Å². The molecule has 0 saturated carbocycles.